The molecule has 0 bridgehead atoms. The van der Waals surface area contributed by atoms with Gasteiger partial charge in [-0.05, 0) is 36.5 Å². The number of amides is 2. The Labute approximate surface area is 250 Å². The molecule has 5 rings (SSSR count). The van der Waals surface area contributed by atoms with E-state index in [0.717, 1.165) is 16.7 Å². The largest absolute Gasteiger partial charge is 0.339 e. The normalized spacial score (nSPS) is 22.0. The third-order valence-electron chi connectivity index (χ3n) is 9.24. The molecule has 0 saturated carbocycles. The Hall–Kier alpha value is -3.77. The van der Waals surface area contributed by atoms with Crippen LogP contribution in [0.3, 0.4) is 0 Å². The van der Waals surface area contributed by atoms with Gasteiger partial charge in [-0.3, -0.25) is 19.3 Å². The first-order chi connectivity index (χ1) is 20.2. The zero-order valence-electron chi connectivity index (χ0n) is 25.4. The Balaban J connectivity index is 1.39. The van der Waals surface area contributed by atoms with Crippen molar-refractivity contribution in [3.8, 4) is 0 Å². The molecule has 6 heteroatoms. The summed E-state index contributed by atoms with van der Waals surface area (Å²) in [5.41, 5.74) is 2.76. The van der Waals surface area contributed by atoms with E-state index in [4.69, 9.17) is 0 Å². The molecule has 2 aliphatic heterocycles. The molecule has 0 spiro atoms. The number of hydrogen-bond acceptors (Lipinski definition) is 4. The van der Waals surface area contributed by atoms with Gasteiger partial charge in [0.05, 0.1) is 5.54 Å². The number of benzene rings is 3. The highest BCUT2D eigenvalue weighted by Crippen LogP contribution is 2.48. The van der Waals surface area contributed by atoms with Crippen molar-refractivity contribution in [2.75, 3.05) is 26.2 Å². The molecule has 2 fully saturated rings. The lowest BCUT2D eigenvalue weighted by Gasteiger charge is -2.42. The van der Waals surface area contributed by atoms with Gasteiger partial charge in [-0.25, -0.2) is 0 Å². The summed E-state index contributed by atoms with van der Waals surface area (Å²) >= 11 is 0. The third kappa shape index (κ3) is 5.40. The van der Waals surface area contributed by atoms with Crippen molar-refractivity contribution in [1.29, 1.82) is 0 Å². The number of piperazine rings is 1. The summed E-state index contributed by atoms with van der Waals surface area (Å²) in [5, 5.41) is 0. The molecule has 2 heterocycles. The number of carbonyl (C=O) groups excluding carboxylic acids is 3. The molecule has 5 atom stereocenters. The Bertz CT molecular complexity index is 1300. The summed E-state index contributed by atoms with van der Waals surface area (Å²) in [6.07, 6.45) is 0. The summed E-state index contributed by atoms with van der Waals surface area (Å²) < 4.78 is 0. The fraction of sp³-hybridized carbons (Fsp3) is 0.417. The summed E-state index contributed by atoms with van der Waals surface area (Å²) in [6.45, 7) is 11.6. The monoisotopic (exact) mass is 565 g/mol. The number of nitrogens with zero attached hydrogens (tertiary/aromatic N) is 3. The lowest BCUT2D eigenvalue weighted by atomic mass is 9.76. The molecule has 2 aliphatic rings. The topological polar surface area (TPSA) is 60.7 Å². The predicted molar refractivity (Wildman–Crippen MR) is 166 cm³/mol. The van der Waals surface area contributed by atoms with Gasteiger partial charge in [0.1, 0.15) is 11.8 Å². The van der Waals surface area contributed by atoms with Crippen LogP contribution in [0.5, 0.6) is 0 Å². The number of Topliss-reactive ketones (excluding diaryl/α,β-unsaturated/α-hetero) is 1. The Morgan fingerprint density at radius 3 is 1.62 bits per heavy atom. The quantitative estimate of drug-likeness (QED) is 0.264. The minimum atomic E-state index is -0.612. The molecule has 42 heavy (non-hydrogen) atoms. The summed E-state index contributed by atoms with van der Waals surface area (Å²) in [6, 6.07) is 31.0. The zero-order valence-corrected chi connectivity index (χ0v) is 25.4. The highest BCUT2D eigenvalue weighted by molar-refractivity contribution is 5.88. The van der Waals surface area contributed by atoms with Crippen molar-refractivity contribution in [2.45, 2.75) is 52.2 Å². The van der Waals surface area contributed by atoms with Crippen LogP contribution in [0.1, 0.15) is 51.3 Å². The lowest BCUT2D eigenvalue weighted by molar-refractivity contribution is -0.147. The number of hydrogen-bond donors (Lipinski definition) is 0. The minimum Gasteiger partial charge on any atom is -0.339 e. The Morgan fingerprint density at radius 2 is 1.21 bits per heavy atom. The average Bonchev–Trinajstić information content (AvgIpc) is 3.79. The van der Waals surface area contributed by atoms with Gasteiger partial charge in [-0.2, -0.15) is 0 Å². The smallest absolute Gasteiger partial charge is 0.241 e. The van der Waals surface area contributed by atoms with Gasteiger partial charge in [0.25, 0.3) is 0 Å². The van der Waals surface area contributed by atoms with E-state index < -0.39 is 5.54 Å². The molecule has 3 aromatic rings. The Kier molecular flexibility index (Phi) is 8.65. The van der Waals surface area contributed by atoms with Gasteiger partial charge in [-0.15, -0.1) is 0 Å². The zero-order chi connectivity index (χ0) is 30.0. The van der Waals surface area contributed by atoms with Gasteiger partial charge >= 0.3 is 0 Å². The van der Waals surface area contributed by atoms with Crippen LogP contribution in [0, 0.1) is 17.8 Å². The first-order valence-electron chi connectivity index (χ1n) is 15.2. The molecule has 0 N–H and O–H groups in total. The molecule has 2 unspecified atom stereocenters. The predicted octanol–water partition coefficient (Wildman–Crippen LogP) is 5.22. The first-order valence-corrected chi connectivity index (χ1v) is 15.2. The van der Waals surface area contributed by atoms with Crippen molar-refractivity contribution in [2.24, 2.45) is 17.8 Å². The van der Waals surface area contributed by atoms with Gasteiger partial charge < -0.3 is 9.80 Å². The van der Waals surface area contributed by atoms with E-state index in [9.17, 15) is 14.4 Å². The van der Waals surface area contributed by atoms with E-state index in [0.29, 0.717) is 26.2 Å². The van der Waals surface area contributed by atoms with E-state index in [-0.39, 0.29) is 47.4 Å². The van der Waals surface area contributed by atoms with Crippen molar-refractivity contribution in [3.63, 3.8) is 0 Å². The van der Waals surface area contributed by atoms with Gasteiger partial charge in [-0.1, -0.05) is 112 Å². The second kappa shape index (κ2) is 12.2. The number of rotatable bonds is 9. The molecule has 2 saturated heterocycles. The van der Waals surface area contributed by atoms with Gasteiger partial charge in [0.2, 0.25) is 11.8 Å². The molecule has 2 amide bonds. The summed E-state index contributed by atoms with van der Waals surface area (Å²) in [5.74, 6) is -0.401. The standard InChI is InChI=1S/C36H43N3O3/c1-25(2)33(28(5)40)27(4)34(41)37-21-22-38(26(3)23-37)35(42)32-24-39(32)36(29-15-9-6-10-16-29,30-17-11-7-12-18-30)31-19-13-8-14-20-31/h6-20,25-27,32-33H,21-24H2,1-5H3/t26-,27?,32+,33+,39?/m0/s1. The fourth-order valence-corrected chi connectivity index (χ4v) is 7.27. The molecule has 0 radical (unpaired) electrons. The van der Waals surface area contributed by atoms with Crippen LogP contribution >= 0.6 is 0 Å². The molecular formula is C36H43N3O3. The van der Waals surface area contributed by atoms with Crippen molar-refractivity contribution < 1.29 is 14.4 Å². The highest BCUT2D eigenvalue weighted by Gasteiger charge is 2.57. The third-order valence-corrected chi connectivity index (χ3v) is 9.24. The summed E-state index contributed by atoms with van der Waals surface area (Å²) in [7, 11) is 0. The molecular weight excluding hydrogens is 522 g/mol. The maximum Gasteiger partial charge on any atom is 0.241 e. The van der Waals surface area contributed by atoms with Crippen LogP contribution in [-0.2, 0) is 19.9 Å². The first kappa shape index (κ1) is 29.7. The van der Waals surface area contributed by atoms with Crippen molar-refractivity contribution >= 4 is 17.6 Å². The fourth-order valence-electron chi connectivity index (χ4n) is 7.27. The van der Waals surface area contributed by atoms with Crippen LogP contribution in [0.2, 0.25) is 0 Å². The average molecular weight is 566 g/mol. The van der Waals surface area contributed by atoms with Gasteiger partial charge in [0, 0.05) is 44.1 Å². The maximum atomic E-state index is 14.2. The van der Waals surface area contributed by atoms with Crippen LogP contribution in [-0.4, -0.2) is 70.6 Å². The van der Waals surface area contributed by atoms with E-state index in [1.807, 2.05) is 55.7 Å². The van der Waals surface area contributed by atoms with Crippen LogP contribution in [0.25, 0.3) is 0 Å². The second-order valence-electron chi connectivity index (χ2n) is 12.3. The molecule has 0 aliphatic carbocycles. The minimum absolute atomic E-state index is 0.00662. The van der Waals surface area contributed by atoms with E-state index >= 15 is 0 Å². The second-order valence-corrected chi connectivity index (χ2v) is 12.3. The molecule has 220 valence electrons. The summed E-state index contributed by atoms with van der Waals surface area (Å²) in [4.78, 5) is 46.0. The number of ketones is 1. The van der Waals surface area contributed by atoms with Crippen molar-refractivity contribution in [1.82, 2.24) is 14.7 Å². The maximum absolute atomic E-state index is 14.2. The number of carbonyl (C=O) groups is 3. The van der Waals surface area contributed by atoms with Crippen LogP contribution < -0.4 is 0 Å². The molecule has 6 nitrogen and oxygen atoms in total. The van der Waals surface area contributed by atoms with Crippen LogP contribution in [0.4, 0.5) is 0 Å². The van der Waals surface area contributed by atoms with Crippen LogP contribution in [0.15, 0.2) is 91.0 Å². The SMILES string of the molecule is CC(=O)[C@H](C(C)C)C(C)C(=O)N1CCN(C(=O)[C@H]2CN2C(c2ccccc2)(c2ccccc2)c2ccccc2)[C@@H](C)C1. The van der Waals surface area contributed by atoms with E-state index in [2.05, 4.69) is 77.7 Å². The molecule has 0 aromatic heterocycles. The van der Waals surface area contributed by atoms with E-state index in [1.165, 1.54) is 0 Å². The van der Waals surface area contributed by atoms with Gasteiger partial charge in [0.15, 0.2) is 0 Å². The van der Waals surface area contributed by atoms with Crippen molar-refractivity contribution in [3.05, 3.63) is 108 Å². The Morgan fingerprint density at radius 1 is 0.738 bits per heavy atom. The van der Waals surface area contributed by atoms with E-state index in [1.54, 1.807) is 6.92 Å². The highest BCUT2D eigenvalue weighted by atomic mass is 16.2. The molecule has 3 aromatic carbocycles. The lowest BCUT2D eigenvalue weighted by Crippen LogP contribution is -2.58.